The lowest BCUT2D eigenvalue weighted by molar-refractivity contribution is -0.124. The van der Waals surface area contributed by atoms with Crippen molar-refractivity contribution in [2.24, 2.45) is 0 Å². The highest BCUT2D eigenvalue weighted by Gasteiger charge is 2.33. The predicted octanol–water partition coefficient (Wildman–Crippen LogP) is 1.58. The van der Waals surface area contributed by atoms with Crippen molar-refractivity contribution in [2.75, 3.05) is 18.1 Å². The van der Waals surface area contributed by atoms with Crippen LogP contribution in [-0.2, 0) is 19.4 Å². The summed E-state index contributed by atoms with van der Waals surface area (Å²) in [5.74, 6) is -0.385. The van der Waals surface area contributed by atoms with Gasteiger partial charge in [-0.15, -0.1) is 0 Å². The minimum Gasteiger partial charge on any atom is -0.352 e. The summed E-state index contributed by atoms with van der Waals surface area (Å²) in [6.45, 7) is 0.183. The number of nitrogens with one attached hydrogen (secondary N) is 1. The van der Waals surface area contributed by atoms with Crippen LogP contribution in [0.25, 0.3) is 6.08 Å². The van der Waals surface area contributed by atoms with E-state index in [0.29, 0.717) is 15.6 Å². The van der Waals surface area contributed by atoms with E-state index in [1.165, 1.54) is 16.7 Å². The molecule has 0 aromatic heterocycles. The largest absolute Gasteiger partial charge is 0.352 e. The molecule has 1 N–H and O–H groups in total. The summed E-state index contributed by atoms with van der Waals surface area (Å²) in [5, 5.41) is 2.72. The molecule has 6 nitrogen and oxygen atoms in total. The smallest absolute Gasteiger partial charge is 0.266 e. The molecule has 2 aliphatic rings. The number of nitrogens with zero attached hydrogens (tertiary/aromatic N) is 1. The summed E-state index contributed by atoms with van der Waals surface area (Å²) in [7, 11) is -3.04. The highest BCUT2D eigenvalue weighted by atomic mass is 32.2. The normalized spacial score (nSPS) is 23.6. The minimum absolute atomic E-state index is 0.0143. The first-order chi connectivity index (χ1) is 12.3. The molecule has 0 aliphatic carbocycles. The Kier molecular flexibility index (Phi) is 5.79. The molecule has 0 saturated carbocycles. The molecule has 1 atom stereocenters. The second-order valence-electron chi connectivity index (χ2n) is 6.16. The SMILES string of the molecule is O=C(CCN1C(=O)/C(=C\c2ccccc2)SC1=S)N[C@@H]1CCS(=O)(=O)C1. The van der Waals surface area contributed by atoms with Crippen molar-refractivity contribution in [1.82, 2.24) is 10.2 Å². The maximum atomic E-state index is 12.5. The zero-order valence-electron chi connectivity index (χ0n) is 13.9. The molecule has 2 saturated heterocycles. The van der Waals surface area contributed by atoms with Crippen molar-refractivity contribution >= 4 is 56.0 Å². The molecule has 0 radical (unpaired) electrons. The fourth-order valence-corrected chi connectivity index (χ4v) is 5.80. The maximum absolute atomic E-state index is 12.5. The highest BCUT2D eigenvalue weighted by Crippen LogP contribution is 2.32. The third-order valence-electron chi connectivity index (χ3n) is 4.13. The van der Waals surface area contributed by atoms with Crippen molar-refractivity contribution in [2.45, 2.75) is 18.9 Å². The predicted molar refractivity (Wildman–Crippen MR) is 106 cm³/mol. The lowest BCUT2D eigenvalue weighted by Gasteiger charge is -2.15. The van der Waals surface area contributed by atoms with Gasteiger partial charge in [0.1, 0.15) is 4.32 Å². The Balaban J connectivity index is 1.55. The standard InChI is InChI=1S/C17H18N2O4S3/c20-15(18-13-7-9-26(22,23)11-13)6-8-19-16(21)14(25-17(19)24)10-12-4-2-1-3-5-12/h1-5,10,13H,6-9,11H2,(H,18,20)/b14-10+/t13-/m1/s1. The Morgan fingerprint density at radius 3 is 2.73 bits per heavy atom. The number of thioether (sulfide) groups is 1. The molecule has 9 heteroatoms. The van der Waals surface area contributed by atoms with Gasteiger partial charge in [0, 0.05) is 19.0 Å². The first-order valence-corrected chi connectivity index (χ1v) is 11.2. The van der Waals surface area contributed by atoms with Crippen LogP contribution in [0, 0.1) is 0 Å². The van der Waals surface area contributed by atoms with Crippen LogP contribution in [-0.4, -0.2) is 53.5 Å². The summed E-state index contributed by atoms with van der Waals surface area (Å²) < 4.78 is 23.3. The molecule has 138 valence electrons. The molecule has 0 spiro atoms. The van der Waals surface area contributed by atoms with Gasteiger partial charge in [-0.1, -0.05) is 54.3 Å². The molecule has 2 heterocycles. The van der Waals surface area contributed by atoms with Crippen LogP contribution in [0.15, 0.2) is 35.2 Å². The third kappa shape index (κ3) is 4.72. The number of thiocarbonyl (C=S) groups is 1. The van der Waals surface area contributed by atoms with Crippen molar-refractivity contribution in [1.29, 1.82) is 0 Å². The van der Waals surface area contributed by atoms with E-state index in [1.54, 1.807) is 6.08 Å². The van der Waals surface area contributed by atoms with E-state index in [0.717, 1.165) is 5.56 Å². The van der Waals surface area contributed by atoms with Crippen LogP contribution in [0.4, 0.5) is 0 Å². The molecule has 1 aromatic carbocycles. The fourth-order valence-electron chi connectivity index (χ4n) is 2.82. The number of hydrogen-bond donors (Lipinski definition) is 1. The summed E-state index contributed by atoms with van der Waals surface area (Å²) >= 11 is 6.47. The Morgan fingerprint density at radius 2 is 2.08 bits per heavy atom. The van der Waals surface area contributed by atoms with Crippen LogP contribution in [0.2, 0.25) is 0 Å². The Bertz CT molecular complexity index is 865. The summed E-state index contributed by atoms with van der Waals surface area (Å²) in [6, 6.07) is 9.14. The van der Waals surface area contributed by atoms with E-state index in [2.05, 4.69) is 5.32 Å². The van der Waals surface area contributed by atoms with Gasteiger partial charge in [-0.25, -0.2) is 8.42 Å². The highest BCUT2D eigenvalue weighted by molar-refractivity contribution is 8.26. The Labute approximate surface area is 161 Å². The molecule has 2 aliphatic heterocycles. The lowest BCUT2D eigenvalue weighted by Crippen LogP contribution is -2.38. The van der Waals surface area contributed by atoms with Gasteiger partial charge in [-0.2, -0.15) is 0 Å². The van der Waals surface area contributed by atoms with E-state index < -0.39 is 9.84 Å². The molecule has 0 bridgehead atoms. The average Bonchev–Trinajstić information content (AvgIpc) is 3.06. The molecule has 3 rings (SSSR count). The number of hydrogen-bond acceptors (Lipinski definition) is 6. The van der Waals surface area contributed by atoms with Crippen LogP contribution >= 0.6 is 24.0 Å². The van der Waals surface area contributed by atoms with E-state index in [4.69, 9.17) is 12.2 Å². The number of sulfone groups is 1. The van der Waals surface area contributed by atoms with Crippen molar-refractivity contribution in [3.05, 3.63) is 40.8 Å². The van der Waals surface area contributed by atoms with Gasteiger partial charge in [-0.3, -0.25) is 14.5 Å². The molecular weight excluding hydrogens is 392 g/mol. The monoisotopic (exact) mass is 410 g/mol. The van der Waals surface area contributed by atoms with Gasteiger partial charge in [0.25, 0.3) is 5.91 Å². The number of amides is 2. The van der Waals surface area contributed by atoms with Crippen LogP contribution in [0.5, 0.6) is 0 Å². The molecule has 1 aromatic rings. The van der Waals surface area contributed by atoms with Crippen LogP contribution in [0.3, 0.4) is 0 Å². The molecule has 0 unspecified atom stereocenters. The van der Waals surface area contributed by atoms with Crippen molar-refractivity contribution in [3.8, 4) is 0 Å². The van der Waals surface area contributed by atoms with Crippen LogP contribution in [0.1, 0.15) is 18.4 Å². The zero-order chi connectivity index (χ0) is 18.7. The minimum atomic E-state index is -3.04. The second-order valence-corrected chi connectivity index (χ2v) is 10.1. The number of benzene rings is 1. The maximum Gasteiger partial charge on any atom is 0.266 e. The second kappa shape index (κ2) is 7.89. The summed E-state index contributed by atoms with van der Waals surface area (Å²) in [6.07, 6.45) is 2.30. The fraction of sp³-hybridized carbons (Fsp3) is 0.353. The lowest BCUT2D eigenvalue weighted by atomic mass is 10.2. The summed E-state index contributed by atoms with van der Waals surface area (Å²) in [4.78, 5) is 26.5. The van der Waals surface area contributed by atoms with Crippen molar-refractivity contribution < 1.29 is 18.0 Å². The van der Waals surface area contributed by atoms with E-state index in [1.807, 2.05) is 30.3 Å². The molecular formula is C17H18N2O4S3. The molecule has 2 amide bonds. The number of rotatable bonds is 5. The number of carbonyl (C=O) groups excluding carboxylic acids is 2. The van der Waals surface area contributed by atoms with Gasteiger partial charge < -0.3 is 5.32 Å². The topological polar surface area (TPSA) is 83.6 Å². The Morgan fingerprint density at radius 1 is 1.35 bits per heavy atom. The van der Waals surface area contributed by atoms with E-state index in [-0.39, 0.29) is 42.3 Å². The summed E-state index contributed by atoms with van der Waals surface area (Å²) in [5.41, 5.74) is 0.910. The van der Waals surface area contributed by atoms with Gasteiger partial charge >= 0.3 is 0 Å². The third-order valence-corrected chi connectivity index (χ3v) is 7.28. The van der Waals surface area contributed by atoms with E-state index >= 15 is 0 Å². The first kappa shape index (κ1) is 19.1. The molecule has 26 heavy (non-hydrogen) atoms. The van der Waals surface area contributed by atoms with Gasteiger partial charge in [0.05, 0.1) is 16.4 Å². The van der Waals surface area contributed by atoms with Gasteiger partial charge in [-0.05, 0) is 18.1 Å². The molecule has 2 fully saturated rings. The van der Waals surface area contributed by atoms with Crippen molar-refractivity contribution in [3.63, 3.8) is 0 Å². The first-order valence-electron chi connectivity index (χ1n) is 8.14. The number of carbonyl (C=O) groups is 2. The quantitative estimate of drug-likeness (QED) is 0.586. The average molecular weight is 411 g/mol. The van der Waals surface area contributed by atoms with Gasteiger partial charge in [0.2, 0.25) is 5.91 Å². The van der Waals surface area contributed by atoms with Gasteiger partial charge in [0.15, 0.2) is 9.84 Å². The van der Waals surface area contributed by atoms with E-state index in [9.17, 15) is 18.0 Å². The zero-order valence-corrected chi connectivity index (χ0v) is 16.3. The van der Waals surface area contributed by atoms with Crippen LogP contribution < -0.4 is 5.32 Å². The Hall–Kier alpha value is -1.71.